The van der Waals surface area contributed by atoms with E-state index in [0.717, 1.165) is 56.4 Å². The fraction of sp³-hybridized carbons (Fsp3) is 0.611. The zero-order valence-electron chi connectivity index (χ0n) is 14.7. The SMILES string of the molecule is Cc1cnc(CN2CCC(Cn3cnc(C(C)C)cc3=O)CC2)o1. The van der Waals surface area contributed by atoms with Crippen molar-refractivity contribution in [3.05, 3.63) is 46.3 Å². The molecule has 1 aliphatic heterocycles. The van der Waals surface area contributed by atoms with Crippen LogP contribution in [-0.4, -0.2) is 32.5 Å². The normalized spacial score (nSPS) is 16.8. The second-order valence-corrected chi connectivity index (χ2v) is 7.04. The number of likely N-dealkylation sites (tertiary alicyclic amines) is 1. The van der Waals surface area contributed by atoms with Gasteiger partial charge in [0.05, 0.1) is 24.8 Å². The Balaban J connectivity index is 1.53. The number of hydrogen-bond acceptors (Lipinski definition) is 5. The second kappa shape index (κ2) is 7.30. The zero-order chi connectivity index (χ0) is 17.1. The topological polar surface area (TPSA) is 64.2 Å². The average molecular weight is 330 g/mol. The molecular weight excluding hydrogens is 304 g/mol. The van der Waals surface area contributed by atoms with E-state index in [1.54, 1.807) is 23.2 Å². The summed E-state index contributed by atoms with van der Waals surface area (Å²) >= 11 is 0. The predicted molar refractivity (Wildman–Crippen MR) is 91.8 cm³/mol. The van der Waals surface area contributed by atoms with Gasteiger partial charge in [0.2, 0.25) is 5.89 Å². The Morgan fingerprint density at radius 3 is 2.62 bits per heavy atom. The lowest BCUT2D eigenvalue weighted by Gasteiger charge is -2.31. The Morgan fingerprint density at radius 2 is 2.04 bits per heavy atom. The van der Waals surface area contributed by atoms with Gasteiger partial charge in [-0.15, -0.1) is 0 Å². The molecule has 0 amide bonds. The van der Waals surface area contributed by atoms with Crippen molar-refractivity contribution in [3.8, 4) is 0 Å². The summed E-state index contributed by atoms with van der Waals surface area (Å²) in [6.07, 6.45) is 5.64. The predicted octanol–water partition coefficient (Wildman–Crippen LogP) is 2.58. The van der Waals surface area contributed by atoms with Crippen LogP contribution in [0.1, 0.15) is 50.0 Å². The summed E-state index contributed by atoms with van der Waals surface area (Å²) in [7, 11) is 0. The summed E-state index contributed by atoms with van der Waals surface area (Å²) in [5.74, 6) is 2.46. The van der Waals surface area contributed by atoms with Crippen LogP contribution in [0.25, 0.3) is 0 Å². The van der Waals surface area contributed by atoms with E-state index in [-0.39, 0.29) is 11.5 Å². The zero-order valence-corrected chi connectivity index (χ0v) is 14.7. The third-order valence-electron chi connectivity index (χ3n) is 4.68. The van der Waals surface area contributed by atoms with Crippen LogP contribution in [0.5, 0.6) is 0 Å². The van der Waals surface area contributed by atoms with Gasteiger partial charge in [-0.25, -0.2) is 9.97 Å². The Bertz CT molecular complexity index is 727. The molecule has 130 valence electrons. The standard InChI is InChI=1S/C18H26N4O2/c1-13(2)16-8-18(23)22(12-20-16)10-15-4-6-21(7-5-15)11-17-19-9-14(3)24-17/h8-9,12-13,15H,4-7,10-11H2,1-3H3. The number of rotatable bonds is 5. The van der Waals surface area contributed by atoms with Crippen LogP contribution in [0, 0.1) is 12.8 Å². The number of aryl methyl sites for hydroxylation is 1. The summed E-state index contributed by atoms with van der Waals surface area (Å²) in [6, 6.07) is 1.67. The van der Waals surface area contributed by atoms with Gasteiger partial charge in [0.1, 0.15) is 5.76 Å². The van der Waals surface area contributed by atoms with Crippen molar-refractivity contribution < 1.29 is 4.42 Å². The van der Waals surface area contributed by atoms with E-state index in [1.807, 2.05) is 6.92 Å². The van der Waals surface area contributed by atoms with Gasteiger partial charge in [0.25, 0.3) is 5.56 Å². The molecule has 3 rings (SSSR count). The molecule has 24 heavy (non-hydrogen) atoms. The van der Waals surface area contributed by atoms with Crippen LogP contribution >= 0.6 is 0 Å². The molecule has 0 N–H and O–H groups in total. The maximum absolute atomic E-state index is 12.2. The summed E-state index contributed by atoms with van der Waals surface area (Å²) in [4.78, 5) is 23.3. The lowest BCUT2D eigenvalue weighted by atomic mass is 9.96. The first-order valence-corrected chi connectivity index (χ1v) is 8.71. The van der Waals surface area contributed by atoms with E-state index in [2.05, 4.69) is 28.7 Å². The second-order valence-electron chi connectivity index (χ2n) is 7.04. The maximum atomic E-state index is 12.2. The van der Waals surface area contributed by atoms with Crippen LogP contribution in [0.4, 0.5) is 0 Å². The minimum atomic E-state index is 0.0615. The highest BCUT2D eigenvalue weighted by Gasteiger charge is 2.21. The van der Waals surface area contributed by atoms with E-state index < -0.39 is 0 Å². The average Bonchev–Trinajstić information content (AvgIpc) is 2.96. The monoisotopic (exact) mass is 330 g/mol. The van der Waals surface area contributed by atoms with Gasteiger partial charge in [0, 0.05) is 12.6 Å². The minimum Gasteiger partial charge on any atom is -0.445 e. The highest BCUT2D eigenvalue weighted by atomic mass is 16.4. The molecule has 0 aromatic carbocycles. The summed E-state index contributed by atoms with van der Waals surface area (Å²) in [5.41, 5.74) is 0.929. The third-order valence-corrected chi connectivity index (χ3v) is 4.68. The molecule has 0 saturated carbocycles. The van der Waals surface area contributed by atoms with Crippen molar-refractivity contribution >= 4 is 0 Å². The lowest BCUT2D eigenvalue weighted by molar-refractivity contribution is 0.154. The molecule has 2 aromatic heterocycles. The summed E-state index contributed by atoms with van der Waals surface area (Å²) in [6.45, 7) is 9.57. The van der Waals surface area contributed by atoms with E-state index in [9.17, 15) is 4.79 Å². The first-order chi connectivity index (χ1) is 11.5. The van der Waals surface area contributed by atoms with E-state index in [4.69, 9.17) is 4.42 Å². The first kappa shape index (κ1) is 16.9. The van der Waals surface area contributed by atoms with Gasteiger partial charge in [-0.3, -0.25) is 14.3 Å². The minimum absolute atomic E-state index is 0.0615. The molecule has 0 aliphatic carbocycles. The van der Waals surface area contributed by atoms with Crippen LogP contribution in [0.3, 0.4) is 0 Å². The summed E-state index contributed by atoms with van der Waals surface area (Å²) < 4.78 is 7.30. The third kappa shape index (κ3) is 4.12. The molecular formula is C18H26N4O2. The van der Waals surface area contributed by atoms with Gasteiger partial charge < -0.3 is 4.42 Å². The molecule has 3 heterocycles. The Kier molecular flexibility index (Phi) is 5.14. The van der Waals surface area contributed by atoms with Crippen molar-refractivity contribution in [2.45, 2.75) is 52.6 Å². The van der Waals surface area contributed by atoms with E-state index in [1.165, 1.54) is 0 Å². The van der Waals surface area contributed by atoms with Crippen LogP contribution in [-0.2, 0) is 13.1 Å². The molecule has 6 nitrogen and oxygen atoms in total. The Hall–Kier alpha value is -1.95. The molecule has 0 radical (unpaired) electrons. The smallest absolute Gasteiger partial charge is 0.253 e. The Labute approximate surface area is 142 Å². The summed E-state index contributed by atoms with van der Waals surface area (Å²) in [5, 5.41) is 0. The molecule has 6 heteroatoms. The molecule has 0 spiro atoms. The van der Waals surface area contributed by atoms with Crippen molar-refractivity contribution in [2.75, 3.05) is 13.1 Å². The van der Waals surface area contributed by atoms with E-state index >= 15 is 0 Å². The highest BCUT2D eigenvalue weighted by Crippen LogP contribution is 2.20. The van der Waals surface area contributed by atoms with Crippen molar-refractivity contribution in [2.24, 2.45) is 5.92 Å². The highest BCUT2D eigenvalue weighted by molar-refractivity contribution is 5.04. The largest absolute Gasteiger partial charge is 0.445 e. The molecule has 0 atom stereocenters. The van der Waals surface area contributed by atoms with Gasteiger partial charge in [-0.1, -0.05) is 13.8 Å². The van der Waals surface area contributed by atoms with Crippen molar-refractivity contribution in [3.63, 3.8) is 0 Å². The van der Waals surface area contributed by atoms with Crippen LogP contribution in [0.2, 0.25) is 0 Å². The Morgan fingerprint density at radius 1 is 1.29 bits per heavy atom. The number of piperidine rings is 1. The number of aromatic nitrogens is 3. The molecule has 0 bridgehead atoms. The first-order valence-electron chi connectivity index (χ1n) is 8.71. The molecule has 0 unspecified atom stereocenters. The van der Waals surface area contributed by atoms with Gasteiger partial charge >= 0.3 is 0 Å². The quantitative estimate of drug-likeness (QED) is 0.843. The molecule has 1 aliphatic rings. The van der Waals surface area contributed by atoms with Gasteiger partial charge in [-0.2, -0.15) is 0 Å². The molecule has 1 saturated heterocycles. The fourth-order valence-corrected chi connectivity index (χ4v) is 3.16. The van der Waals surface area contributed by atoms with Gasteiger partial charge in [0.15, 0.2) is 0 Å². The van der Waals surface area contributed by atoms with Crippen LogP contribution in [0.15, 0.2) is 27.8 Å². The maximum Gasteiger partial charge on any atom is 0.253 e. The number of nitrogens with zero attached hydrogens (tertiary/aromatic N) is 4. The number of oxazole rings is 1. The van der Waals surface area contributed by atoms with Gasteiger partial charge in [-0.05, 0) is 44.7 Å². The van der Waals surface area contributed by atoms with Crippen LogP contribution < -0.4 is 5.56 Å². The van der Waals surface area contributed by atoms with E-state index in [0.29, 0.717) is 5.92 Å². The number of hydrogen-bond donors (Lipinski definition) is 0. The van der Waals surface area contributed by atoms with Crippen molar-refractivity contribution in [1.82, 2.24) is 19.4 Å². The lowest BCUT2D eigenvalue weighted by Crippen LogP contribution is -2.36. The molecule has 1 fully saturated rings. The molecule has 2 aromatic rings. The fourth-order valence-electron chi connectivity index (χ4n) is 3.16. The van der Waals surface area contributed by atoms with Crippen molar-refractivity contribution in [1.29, 1.82) is 0 Å².